The number of rotatable bonds is 15. The van der Waals surface area contributed by atoms with Gasteiger partial charge in [0.25, 0.3) is 0 Å². The van der Waals surface area contributed by atoms with Crippen molar-refractivity contribution in [2.45, 2.75) is 110 Å². The molecule has 6 aromatic rings. The minimum absolute atomic E-state index is 0.0125. The number of aryl methyl sites for hydroxylation is 2. The number of nitrogens with zero attached hydrogens (tertiary/aromatic N) is 13. The van der Waals surface area contributed by atoms with Gasteiger partial charge in [0, 0.05) is 87.3 Å². The third-order valence-electron chi connectivity index (χ3n) is 16.6. The molecular formula is C58H79N15O3. The maximum atomic E-state index is 12.2. The van der Waals surface area contributed by atoms with Crippen LogP contribution in [0.5, 0.6) is 12.0 Å². The summed E-state index contributed by atoms with van der Waals surface area (Å²) in [7, 11) is 0. The van der Waals surface area contributed by atoms with Gasteiger partial charge in [0.1, 0.15) is 11.6 Å². The Hall–Kier alpha value is -6.53. The minimum atomic E-state index is -0.0125. The van der Waals surface area contributed by atoms with Crippen LogP contribution < -0.4 is 29.1 Å². The zero-order chi connectivity index (χ0) is 51.8. The van der Waals surface area contributed by atoms with Crippen molar-refractivity contribution in [1.29, 1.82) is 0 Å². The number of aromatic nitrogens is 8. The van der Waals surface area contributed by atoms with Gasteiger partial charge in [-0.25, -0.2) is 0 Å². The molecule has 0 atom stereocenters. The first-order valence-electron chi connectivity index (χ1n) is 28.6. The third-order valence-corrected chi connectivity index (χ3v) is 16.6. The molecule has 10 heterocycles. The van der Waals surface area contributed by atoms with E-state index in [0.29, 0.717) is 44.9 Å². The third kappa shape index (κ3) is 11.7. The van der Waals surface area contributed by atoms with Crippen molar-refractivity contribution in [2.24, 2.45) is 0 Å². The normalized spacial score (nSPS) is 18.6. The van der Waals surface area contributed by atoms with E-state index in [1.54, 1.807) is 0 Å². The smallest absolute Gasteiger partial charge is 0.318 e. The summed E-state index contributed by atoms with van der Waals surface area (Å²) in [5, 5.41) is 17.1. The molecule has 76 heavy (non-hydrogen) atoms. The van der Waals surface area contributed by atoms with Gasteiger partial charge >= 0.3 is 12.0 Å². The number of benzene rings is 2. The second-order valence-corrected chi connectivity index (χ2v) is 21.8. The standard InChI is InChI=1S/C30H40N8O2.C28H39N7O/c1-3-27(39)36-15-17-37(18-16-36)29-23-10-14-38(28-22(2)8-9-25-24(28)20-31-34-25)21-26(23)32-30(33-29)40-19-7-13-35-11-5-4-6-12-35;1-21-9-10-24-23(19-29-32-24)26(21)35-17-11-22-25(20-35)30-28(31-27(22)34-15-6-3-7-16-34)36-18-8-14-33-12-4-2-5-13-33/h3,8-9,20H,1,4-7,10-19,21H2,2H3,(H,31,34);9-10,19H,2-8,11-18,20H2,1H3,(H,29,32). The van der Waals surface area contributed by atoms with Crippen LogP contribution in [0, 0.1) is 13.8 Å². The van der Waals surface area contributed by atoms with E-state index in [9.17, 15) is 4.79 Å². The molecule has 0 aliphatic carbocycles. The zero-order valence-electron chi connectivity index (χ0n) is 45.2. The van der Waals surface area contributed by atoms with Crippen molar-refractivity contribution in [3.8, 4) is 12.0 Å². The van der Waals surface area contributed by atoms with Gasteiger partial charge in [-0.1, -0.05) is 31.6 Å². The van der Waals surface area contributed by atoms with E-state index in [0.717, 1.165) is 124 Å². The van der Waals surface area contributed by atoms with Gasteiger partial charge in [-0.3, -0.25) is 15.0 Å². The monoisotopic (exact) mass is 1030 g/mol. The number of piperidine rings is 3. The number of likely N-dealkylation sites (tertiary alicyclic amines) is 2. The molecule has 0 unspecified atom stereocenters. The van der Waals surface area contributed by atoms with Gasteiger partial charge in [-0.2, -0.15) is 30.1 Å². The highest BCUT2D eigenvalue weighted by Crippen LogP contribution is 2.38. The van der Waals surface area contributed by atoms with E-state index in [1.165, 1.54) is 129 Å². The van der Waals surface area contributed by atoms with Crippen molar-refractivity contribution >= 4 is 50.7 Å². The van der Waals surface area contributed by atoms with Gasteiger partial charge in [-0.15, -0.1) is 0 Å². The number of aromatic amines is 2. The number of H-pyrrole nitrogens is 2. The summed E-state index contributed by atoms with van der Waals surface area (Å²) < 4.78 is 12.4. The Balaban J connectivity index is 0.000000163. The van der Waals surface area contributed by atoms with Crippen LogP contribution in [0.2, 0.25) is 0 Å². The summed E-state index contributed by atoms with van der Waals surface area (Å²) in [6.07, 6.45) is 20.8. The van der Waals surface area contributed by atoms with Crippen LogP contribution in [0.3, 0.4) is 0 Å². The Morgan fingerprint density at radius 2 is 1.00 bits per heavy atom. The van der Waals surface area contributed by atoms with Crippen molar-refractivity contribution in [3.05, 3.63) is 83.0 Å². The minimum Gasteiger partial charge on any atom is -0.463 e. The molecule has 0 bridgehead atoms. The molecule has 18 nitrogen and oxygen atoms in total. The molecule has 12 rings (SSSR count). The number of nitrogens with one attached hydrogen (secondary N) is 2. The molecular weight excluding hydrogens is 955 g/mol. The molecule has 18 heteroatoms. The summed E-state index contributed by atoms with van der Waals surface area (Å²) >= 11 is 0. The predicted molar refractivity (Wildman–Crippen MR) is 301 cm³/mol. The van der Waals surface area contributed by atoms with E-state index in [-0.39, 0.29) is 5.91 Å². The summed E-state index contributed by atoms with van der Waals surface area (Å²) in [5.41, 5.74) is 11.7. The molecule has 6 aliphatic heterocycles. The number of hydrogen-bond acceptors (Lipinski definition) is 15. The van der Waals surface area contributed by atoms with Gasteiger partial charge in [0.15, 0.2) is 0 Å². The molecule has 4 fully saturated rings. The van der Waals surface area contributed by atoms with E-state index in [2.05, 4.69) is 94.5 Å². The van der Waals surface area contributed by atoms with Gasteiger partial charge in [0.05, 0.1) is 72.5 Å². The average Bonchev–Trinajstić information content (AvgIpc) is 4.21. The van der Waals surface area contributed by atoms with Crippen LogP contribution in [-0.2, 0) is 30.7 Å². The number of piperazine rings is 1. The van der Waals surface area contributed by atoms with Crippen molar-refractivity contribution in [2.75, 3.05) is 124 Å². The summed E-state index contributed by atoms with van der Waals surface area (Å²) in [6, 6.07) is 9.54. The fourth-order valence-electron chi connectivity index (χ4n) is 12.5. The molecule has 0 radical (unpaired) electrons. The molecule has 404 valence electrons. The number of fused-ring (bicyclic) bond motifs is 4. The van der Waals surface area contributed by atoms with Crippen molar-refractivity contribution in [3.63, 3.8) is 0 Å². The lowest BCUT2D eigenvalue weighted by atomic mass is 10.0. The fourth-order valence-corrected chi connectivity index (χ4v) is 12.5. The number of ether oxygens (including phenoxy) is 2. The van der Waals surface area contributed by atoms with Gasteiger partial charge < -0.3 is 43.8 Å². The fraction of sp³-hybridized carbons (Fsp3) is 0.569. The first kappa shape index (κ1) is 51.6. The SMILES string of the molecule is C=CC(=O)N1CCN(c2nc(OCCCN3CCCCC3)nc3c2CCN(c2c(C)ccc4[nH]ncc24)C3)CC1.Cc1ccc2[nH]ncc2c1N1CCc2c(nc(OCCCN3CCCCC3)nc2N2CCCCC2)C1. The first-order chi connectivity index (χ1) is 37.4. The van der Waals surface area contributed by atoms with E-state index < -0.39 is 0 Å². The molecule has 4 saturated heterocycles. The lowest BCUT2D eigenvalue weighted by molar-refractivity contribution is -0.126. The summed E-state index contributed by atoms with van der Waals surface area (Å²) in [6.45, 7) is 24.5. The summed E-state index contributed by atoms with van der Waals surface area (Å²) in [5.74, 6) is 2.06. The Morgan fingerprint density at radius 1 is 0.553 bits per heavy atom. The van der Waals surface area contributed by atoms with Crippen LogP contribution in [0.1, 0.15) is 104 Å². The zero-order valence-corrected chi connectivity index (χ0v) is 45.2. The molecule has 2 aromatic carbocycles. The molecule has 2 N–H and O–H groups in total. The highest BCUT2D eigenvalue weighted by Gasteiger charge is 2.31. The number of carbonyl (C=O) groups excluding carboxylic acids is 1. The quantitative estimate of drug-likeness (QED) is 0.0756. The van der Waals surface area contributed by atoms with Crippen molar-refractivity contribution in [1.82, 2.24) is 55.0 Å². The van der Waals surface area contributed by atoms with Gasteiger partial charge in [-0.05, 0) is 140 Å². The number of anilines is 4. The highest BCUT2D eigenvalue weighted by molar-refractivity contribution is 5.94. The van der Waals surface area contributed by atoms with Crippen LogP contribution >= 0.6 is 0 Å². The Kier molecular flexibility index (Phi) is 16.4. The van der Waals surface area contributed by atoms with Crippen LogP contribution in [-0.4, -0.2) is 166 Å². The Morgan fingerprint density at radius 3 is 1.46 bits per heavy atom. The lowest BCUT2D eigenvalue weighted by Gasteiger charge is -2.38. The van der Waals surface area contributed by atoms with E-state index in [1.807, 2.05) is 17.3 Å². The van der Waals surface area contributed by atoms with Crippen molar-refractivity contribution < 1.29 is 14.3 Å². The largest absolute Gasteiger partial charge is 0.463 e. The average molecular weight is 1030 g/mol. The first-order valence-corrected chi connectivity index (χ1v) is 28.6. The number of hydrogen-bond donors (Lipinski definition) is 2. The second-order valence-electron chi connectivity index (χ2n) is 21.8. The molecule has 0 saturated carbocycles. The highest BCUT2D eigenvalue weighted by atomic mass is 16.5. The number of amides is 1. The lowest BCUT2D eigenvalue weighted by Crippen LogP contribution is -2.49. The maximum absolute atomic E-state index is 12.2. The number of carbonyl (C=O) groups is 1. The second kappa shape index (κ2) is 24.2. The van der Waals surface area contributed by atoms with E-state index in [4.69, 9.17) is 29.4 Å². The maximum Gasteiger partial charge on any atom is 0.318 e. The molecule has 6 aliphatic rings. The topological polar surface area (TPSA) is 167 Å². The van der Waals surface area contributed by atoms with Crippen LogP contribution in [0.4, 0.5) is 23.0 Å². The summed E-state index contributed by atoms with van der Waals surface area (Å²) in [4.78, 5) is 48.7. The molecule has 1 amide bonds. The molecule has 4 aromatic heterocycles. The Labute approximate surface area is 448 Å². The molecule has 0 spiro atoms. The van der Waals surface area contributed by atoms with Crippen LogP contribution in [0.25, 0.3) is 21.8 Å². The van der Waals surface area contributed by atoms with Gasteiger partial charge in [0.2, 0.25) is 5.91 Å². The van der Waals surface area contributed by atoms with Crippen LogP contribution in [0.15, 0.2) is 49.3 Å². The Bertz CT molecular complexity index is 2930. The predicted octanol–water partition coefficient (Wildman–Crippen LogP) is 7.78. The van der Waals surface area contributed by atoms with E-state index >= 15 is 0 Å².